The third kappa shape index (κ3) is 4.79. The second-order valence-electron chi connectivity index (χ2n) is 14.9. The highest BCUT2D eigenvalue weighted by Gasteiger charge is 2.23. The Hall–Kier alpha value is -7.62. The number of para-hydroxylation sites is 4. The Balaban J connectivity index is 1.16. The van der Waals surface area contributed by atoms with Gasteiger partial charge in [0.05, 0.1) is 27.8 Å². The van der Waals surface area contributed by atoms with E-state index in [4.69, 9.17) is 4.42 Å². The molecule has 0 bridgehead atoms. The smallest absolute Gasteiger partial charge is 0.159 e. The minimum atomic E-state index is 0.875. The topological polar surface area (TPSA) is 23.0 Å². The number of rotatable bonds is 5. The molecular formula is C54H34N2O. The molecule has 3 heteroatoms. The van der Waals surface area contributed by atoms with E-state index in [0.29, 0.717) is 0 Å². The van der Waals surface area contributed by atoms with E-state index >= 15 is 0 Å². The lowest BCUT2D eigenvalue weighted by atomic mass is 9.95. The second-order valence-corrected chi connectivity index (χ2v) is 14.9. The highest BCUT2D eigenvalue weighted by Crippen LogP contribution is 2.46. The van der Waals surface area contributed by atoms with Crippen LogP contribution in [0.15, 0.2) is 211 Å². The first-order valence-corrected chi connectivity index (χ1v) is 19.5. The first-order chi connectivity index (χ1) is 28.3. The van der Waals surface area contributed by atoms with Crippen molar-refractivity contribution in [3.8, 4) is 44.8 Å². The number of nitrogens with zero attached hydrogens (tertiary/aromatic N) is 2. The zero-order chi connectivity index (χ0) is 37.5. The maximum Gasteiger partial charge on any atom is 0.159 e. The molecule has 0 spiro atoms. The predicted molar refractivity (Wildman–Crippen MR) is 239 cm³/mol. The maximum atomic E-state index is 6.83. The van der Waals surface area contributed by atoms with E-state index in [0.717, 1.165) is 55.5 Å². The third-order valence-electron chi connectivity index (χ3n) is 11.7. The van der Waals surface area contributed by atoms with Crippen molar-refractivity contribution in [1.82, 2.24) is 9.13 Å². The Morgan fingerprint density at radius 3 is 1.53 bits per heavy atom. The molecule has 3 heterocycles. The van der Waals surface area contributed by atoms with E-state index in [1.807, 2.05) is 0 Å². The second kappa shape index (κ2) is 12.5. The summed E-state index contributed by atoms with van der Waals surface area (Å²) in [6.45, 7) is 0. The minimum absolute atomic E-state index is 0.875. The summed E-state index contributed by atoms with van der Waals surface area (Å²) in [5.74, 6) is 0. The molecule has 0 radical (unpaired) electrons. The average molecular weight is 727 g/mol. The van der Waals surface area contributed by atoms with Crippen molar-refractivity contribution in [2.24, 2.45) is 0 Å². The zero-order valence-corrected chi connectivity index (χ0v) is 30.9. The van der Waals surface area contributed by atoms with Crippen molar-refractivity contribution in [1.29, 1.82) is 0 Å². The van der Waals surface area contributed by atoms with Gasteiger partial charge in [0.1, 0.15) is 5.58 Å². The Morgan fingerprint density at radius 2 is 0.825 bits per heavy atom. The van der Waals surface area contributed by atoms with Crippen LogP contribution < -0.4 is 0 Å². The van der Waals surface area contributed by atoms with E-state index in [1.165, 1.54) is 54.8 Å². The molecule has 0 amide bonds. The number of hydrogen-bond acceptors (Lipinski definition) is 1. The van der Waals surface area contributed by atoms with Gasteiger partial charge in [-0.15, -0.1) is 0 Å². The van der Waals surface area contributed by atoms with Gasteiger partial charge >= 0.3 is 0 Å². The molecular weight excluding hydrogens is 693 g/mol. The van der Waals surface area contributed by atoms with Gasteiger partial charge < -0.3 is 13.6 Å². The molecule has 12 aromatic rings. The Labute approximate surface area is 328 Å². The van der Waals surface area contributed by atoms with Gasteiger partial charge in [0, 0.05) is 38.0 Å². The predicted octanol–water partition coefficient (Wildman–Crippen LogP) is 14.8. The first-order valence-electron chi connectivity index (χ1n) is 19.5. The molecule has 0 unspecified atom stereocenters. The van der Waals surface area contributed by atoms with Gasteiger partial charge in [-0.3, -0.25) is 0 Å². The fourth-order valence-electron chi connectivity index (χ4n) is 9.25. The molecule has 0 aliphatic rings. The van der Waals surface area contributed by atoms with Crippen LogP contribution in [0, 0.1) is 0 Å². The van der Waals surface area contributed by atoms with Gasteiger partial charge in [0.25, 0.3) is 0 Å². The van der Waals surface area contributed by atoms with E-state index in [-0.39, 0.29) is 0 Å². The molecule has 0 saturated heterocycles. The summed E-state index contributed by atoms with van der Waals surface area (Å²) >= 11 is 0. The molecule has 0 aliphatic heterocycles. The SMILES string of the molecule is c1ccc(-c2cccc(-c3cc(-n4c5ccccc5c5c(-c6cccc7c6c6ccccc6n7-c6ccccc6)cccc54)c4oc5ccccc5c4c3)c2)cc1. The van der Waals surface area contributed by atoms with E-state index in [9.17, 15) is 0 Å². The molecule has 0 saturated carbocycles. The molecule has 0 atom stereocenters. The van der Waals surface area contributed by atoms with Gasteiger partial charge in [-0.2, -0.15) is 0 Å². The molecule has 57 heavy (non-hydrogen) atoms. The summed E-state index contributed by atoms with van der Waals surface area (Å²) in [6.07, 6.45) is 0. The molecule has 3 nitrogen and oxygen atoms in total. The van der Waals surface area contributed by atoms with E-state index < -0.39 is 0 Å². The molecule has 9 aromatic carbocycles. The molecule has 3 aromatic heterocycles. The maximum absolute atomic E-state index is 6.83. The number of fused-ring (bicyclic) bond motifs is 9. The van der Waals surface area contributed by atoms with Gasteiger partial charge in [-0.1, -0.05) is 146 Å². The summed E-state index contributed by atoms with van der Waals surface area (Å²) < 4.78 is 11.7. The summed E-state index contributed by atoms with van der Waals surface area (Å²) in [4.78, 5) is 0. The van der Waals surface area contributed by atoms with Crippen LogP contribution >= 0.6 is 0 Å². The van der Waals surface area contributed by atoms with Crippen molar-refractivity contribution >= 4 is 65.6 Å². The number of aromatic nitrogens is 2. The fourth-order valence-corrected chi connectivity index (χ4v) is 9.25. The van der Waals surface area contributed by atoms with Crippen molar-refractivity contribution in [3.63, 3.8) is 0 Å². The zero-order valence-electron chi connectivity index (χ0n) is 30.9. The quantitative estimate of drug-likeness (QED) is 0.173. The monoisotopic (exact) mass is 726 g/mol. The van der Waals surface area contributed by atoms with Crippen LogP contribution in [0.1, 0.15) is 0 Å². The summed E-state index contributed by atoms with van der Waals surface area (Å²) in [5, 5.41) is 7.12. The van der Waals surface area contributed by atoms with Gasteiger partial charge in [-0.25, -0.2) is 0 Å². The largest absolute Gasteiger partial charge is 0.454 e. The molecule has 12 rings (SSSR count). The van der Waals surface area contributed by atoms with Crippen molar-refractivity contribution in [2.45, 2.75) is 0 Å². The normalized spacial score (nSPS) is 11.9. The highest BCUT2D eigenvalue weighted by atomic mass is 16.3. The lowest BCUT2D eigenvalue weighted by Gasteiger charge is -2.13. The lowest BCUT2D eigenvalue weighted by molar-refractivity contribution is 0.666. The van der Waals surface area contributed by atoms with Crippen LogP contribution in [0.25, 0.3) is 110 Å². The van der Waals surface area contributed by atoms with Crippen LogP contribution in [-0.2, 0) is 0 Å². The van der Waals surface area contributed by atoms with Crippen molar-refractivity contribution < 1.29 is 4.42 Å². The first kappa shape index (κ1) is 31.7. The van der Waals surface area contributed by atoms with E-state index in [2.05, 4.69) is 215 Å². The van der Waals surface area contributed by atoms with Crippen LogP contribution in [0.2, 0.25) is 0 Å². The Kier molecular flexibility index (Phi) is 6.93. The van der Waals surface area contributed by atoms with Crippen LogP contribution in [0.3, 0.4) is 0 Å². The number of furan rings is 1. The molecule has 266 valence electrons. The lowest BCUT2D eigenvalue weighted by Crippen LogP contribution is -1.96. The van der Waals surface area contributed by atoms with Crippen LogP contribution in [0.5, 0.6) is 0 Å². The van der Waals surface area contributed by atoms with Gasteiger partial charge in [-0.05, 0) is 94.0 Å². The van der Waals surface area contributed by atoms with Gasteiger partial charge in [0.2, 0.25) is 0 Å². The number of benzene rings is 9. The third-order valence-corrected chi connectivity index (χ3v) is 11.7. The molecule has 0 fully saturated rings. The number of hydrogen-bond donors (Lipinski definition) is 0. The summed E-state index contributed by atoms with van der Waals surface area (Å²) in [5.41, 5.74) is 15.7. The minimum Gasteiger partial charge on any atom is -0.454 e. The van der Waals surface area contributed by atoms with Crippen LogP contribution in [0.4, 0.5) is 0 Å². The van der Waals surface area contributed by atoms with Gasteiger partial charge in [0.15, 0.2) is 5.58 Å². The summed E-state index contributed by atoms with van der Waals surface area (Å²) in [7, 11) is 0. The fraction of sp³-hybridized carbons (Fsp3) is 0. The standard InChI is InChI=1S/C54H34N2O/c1-3-16-35(17-4-1)36-18-13-19-37(32-36)38-33-45-40-22-9-12-31-51(40)57-54(45)50(34-38)56-47-28-11-8-24-44(47)53-42(26-15-30-49(53)56)41-25-14-29-48-52(41)43-23-7-10-27-46(43)55(48)39-20-5-2-6-21-39/h1-34H. The van der Waals surface area contributed by atoms with Crippen LogP contribution in [-0.4, -0.2) is 9.13 Å². The average Bonchev–Trinajstić information content (AvgIpc) is 3.95. The van der Waals surface area contributed by atoms with Crippen molar-refractivity contribution in [3.05, 3.63) is 206 Å². The highest BCUT2D eigenvalue weighted by molar-refractivity contribution is 6.23. The Bertz CT molecular complexity index is 3510. The van der Waals surface area contributed by atoms with Crippen molar-refractivity contribution in [2.75, 3.05) is 0 Å². The molecule has 0 N–H and O–H groups in total. The van der Waals surface area contributed by atoms with E-state index in [1.54, 1.807) is 0 Å². The summed E-state index contributed by atoms with van der Waals surface area (Å²) in [6, 6.07) is 74.4. The molecule has 0 aliphatic carbocycles. The Morgan fingerprint density at radius 1 is 0.316 bits per heavy atom.